The van der Waals surface area contributed by atoms with Gasteiger partial charge in [-0.3, -0.25) is 4.79 Å². The van der Waals surface area contributed by atoms with Crippen LogP contribution in [0.4, 0.5) is 0 Å². The Bertz CT molecular complexity index is 483. The van der Waals surface area contributed by atoms with Crippen LogP contribution < -0.4 is 5.32 Å². The fourth-order valence-electron chi connectivity index (χ4n) is 2.33. The van der Waals surface area contributed by atoms with E-state index in [-0.39, 0.29) is 23.9 Å². The number of amides is 1. The Morgan fingerprint density at radius 2 is 2.10 bits per heavy atom. The number of carbonyl (C=O) groups is 1. The van der Waals surface area contributed by atoms with Gasteiger partial charge < -0.3 is 10.1 Å². The molecular formula is C16H22N2O2. The molecule has 20 heavy (non-hydrogen) atoms. The molecule has 0 fully saturated rings. The maximum absolute atomic E-state index is 11.3. The quantitative estimate of drug-likeness (QED) is 0.894. The highest BCUT2D eigenvalue weighted by molar-refractivity contribution is 5.88. The second kappa shape index (κ2) is 6.55. The lowest BCUT2D eigenvalue weighted by molar-refractivity contribution is -0.119. The van der Waals surface area contributed by atoms with Crippen LogP contribution in [0.15, 0.2) is 35.3 Å². The summed E-state index contributed by atoms with van der Waals surface area (Å²) in [7, 11) is 0. The lowest BCUT2D eigenvalue weighted by Gasteiger charge is -2.20. The molecular weight excluding hydrogens is 252 g/mol. The van der Waals surface area contributed by atoms with Crippen molar-refractivity contribution >= 4 is 11.8 Å². The van der Waals surface area contributed by atoms with Crippen LogP contribution in [-0.2, 0) is 16.0 Å². The van der Waals surface area contributed by atoms with Crippen molar-refractivity contribution in [3.63, 3.8) is 0 Å². The Kier molecular flexibility index (Phi) is 4.77. The molecule has 1 aliphatic heterocycles. The molecule has 1 aromatic carbocycles. The van der Waals surface area contributed by atoms with E-state index in [1.807, 2.05) is 18.2 Å². The van der Waals surface area contributed by atoms with E-state index in [0.29, 0.717) is 12.5 Å². The molecule has 0 spiro atoms. The van der Waals surface area contributed by atoms with Crippen molar-refractivity contribution in [2.24, 2.45) is 10.9 Å². The van der Waals surface area contributed by atoms with Crippen LogP contribution in [0.5, 0.6) is 0 Å². The fraction of sp³-hybridized carbons (Fsp3) is 0.500. The molecule has 1 amide bonds. The molecule has 1 aliphatic rings. The third-order valence-electron chi connectivity index (χ3n) is 3.34. The van der Waals surface area contributed by atoms with Crippen LogP contribution in [0, 0.1) is 5.92 Å². The number of hydrogen-bond acceptors (Lipinski definition) is 3. The first-order chi connectivity index (χ1) is 9.56. The van der Waals surface area contributed by atoms with Gasteiger partial charge in [-0.25, -0.2) is 4.99 Å². The molecule has 108 valence electrons. The summed E-state index contributed by atoms with van der Waals surface area (Å²) in [6, 6.07) is 10.3. The fourth-order valence-corrected chi connectivity index (χ4v) is 2.33. The Hall–Kier alpha value is -1.84. The van der Waals surface area contributed by atoms with Gasteiger partial charge in [0, 0.05) is 6.92 Å². The predicted octanol–water partition coefficient (Wildman–Crippen LogP) is 2.19. The SMILES string of the molecule is CC(=O)NC(C1=N[C@@H](Cc2ccccc2)CO1)C(C)C. The van der Waals surface area contributed by atoms with E-state index in [4.69, 9.17) is 4.74 Å². The summed E-state index contributed by atoms with van der Waals surface area (Å²) in [6.07, 6.45) is 0.870. The average Bonchev–Trinajstić information content (AvgIpc) is 2.85. The molecule has 4 heteroatoms. The zero-order chi connectivity index (χ0) is 14.5. The molecule has 4 nitrogen and oxygen atoms in total. The highest BCUT2D eigenvalue weighted by Gasteiger charge is 2.28. The molecule has 0 radical (unpaired) electrons. The van der Waals surface area contributed by atoms with Crippen molar-refractivity contribution < 1.29 is 9.53 Å². The third kappa shape index (κ3) is 3.83. The molecule has 1 N–H and O–H groups in total. The van der Waals surface area contributed by atoms with Gasteiger partial charge >= 0.3 is 0 Å². The van der Waals surface area contributed by atoms with Gasteiger partial charge in [-0.2, -0.15) is 0 Å². The van der Waals surface area contributed by atoms with Gasteiger partial charge in [-0.1, -0.05) is 44.2 Å². The normalized spacial score (nSPS) is 19.4. The highest BCUT2D eigenvalue weighted by atomic mass is 16.5. The van der Waals surface area contributed by atoms with E-state index in [2.05, 4.69) is 36.3 Å². The first kappa shape index (κ1) is 14.6. The van der Waals surface area contributed by atoms with Gasteiger partial charge in [0.15, 0.2) is 0 Å². The number of aliphatic imine (C=N–C) groups is 1. The molecule has 0 aliphatic carbocycles. The Morgan fingerprint density at radius 1 is 1.40 bits per heavy atom. The van der Waals surface area contributed by atoms with E-state index in [1.54, 1.807) is 0 Å². The summed E-state index contributed by atoms with van der Waals surface area (Å²) < 4.78 is 5.70. The van der Waals surface area contributed by atoms with Crippen LogP contribution in [0.3, 0.4) is 0 Å². The number of rotatable bonds is 5. The topological polar surface area (TPSA) is 50.7 Å². The van der Waals surface area contributed by atoms with Crippen LogP contribution in [-0.4, -0.2) is 30.5 Å². The van der Waals surface area contributed by atoms with Crippen molar-refractivity contribution in [3.05, 3.63) is 35.9 Å². The summed E-state index contributed by atoms with van der Waals surface area (Å²) in [4.78, 5) is 15.9. The van der Waals surface area contributed by atoms with Gasteiger partial charge in [0.05, 0.1) is 6.04 Å². The zero-order valence-corrected chi connectivity index (χ0v) is 12.3. The van der Waals surface area contributed by atoms with Gasteiger partial charge in [0.1, 0.15) is 12.6 Å². The smallest absolute Gasteiger partial charge is 0.217 e. The molecule has 2 atom stereocenters. The number of nitrogens with zero attached hydrogens (tertiary/aromatic N) is 1. The molecule has 0 aromatic heterocycles. The minimum absolute atomic E-state index is 0.0542. The second-order valence-corrected chi connectivity index (χ2v) is 5.54. The molecule has 1 heterocycles. The lowest BCUT2D eigenvalue weighted by Crippen LogP contribution is -2.43. The van der Waals surface area contributed by atoms with E-state index in [1.165, 1.54) is 12.5 Å². The maximum atomic E-state index is 11.3. The van der Waals surface area contributed by atoms with Gasteiger partial charge in [0.25, 0.3) is 0 Å². The van der Waals surface area contributed by atoms with Gasteiger partial charge in [-0.15, -0.1) is 0 Å². The van der Waals surface area contributed by atoms with Crippen molar-refractivity contribution in [3.8, 4) is 0 Å². The Balaban J connectivity index is 2.03. The summed E-state index contributed by atoms with van der Waals surface area (Å²) in [6.45, 7) is 6.22. The van der Waals surface area contributed by atoms with Crippen LogP contribution in [0.2, 0.25) is 0 Å². The van der Waals surface area contributed by atoms with Gasteiger partial charge in [-0.05, 0) is 17.9 Å². The number of hydrogen-bond donors (Lipinski definition) is 1. The zero-order valence-electron chi connectivity index (χ0n) is 12.3. The predicted molar refractivity (Wildman–Crippen MR) is 79.8 cm³/mol. The number of benzene rings is 1. The van der Waals surface area contributed by atoms with Gasteiger partial charge in [0.2, 0.25) is 11.8 Å². The summed E-state index contributed by atoms with van der Waals surface area (Å²) in [5.41, 5.74) is 1.26. The van der Waals surface area contributed by atoms with E-state index in [9.17, 15) is 4.79 Å². The maximum Gasteiger partial charge on any atom is 0.217 e. The minimum Gasteiger partial charge on any atom is -0.477 e. The molecule has 1 aromatic rings. The van der Waals surface area contributed by atoms with Crippen molar-refractivity contribution in [1.29, 1.82) is 0 Å². The monoisotopic (exact) mass is 274 g/mol. The number of nitrogens with one attached hydrogen (secondary N) is 1. The molecule has 1 unspecified atom stereocenters. The van der Waals surface area contributed by atoms with Crippen LogP contribution >= 0.6 is 0 Å². The largest absolute Gasteiger partial charge is 0.477 e. The van der Waals surface area contributed by atoms with Crippen molar-refractivity contribution in [2.75, 3.05) is 6.61 Å². The molecule has 0 saturated heterocycles. The first-order valence-electron chi connectivity index (χ1n) is 7.07. The van der Waals surface area contributed by atoms with Crippen molar-refractivity contribution in [2.45, 2.75) is 39.3 Å². The van der Waals surface area contributed by atoms with E-state index in [0.717, 1.165) is 6.42 Å². The summed E-state index contributed by atoms with van der Waals surface area (Å²) >= 11 is 0. The minimum atomic E-state index is -0.131. The van der Waals surface area contributed by atoms with E-state index >= 15 is 0 Å². The number of ether oxygens (including phenoxy) is 1. The molecule has 0 bridgehead atoms. The lowest BCUT2D eigenvalue weighted by atomic mass is 10.0. The first-order valence-corrected chi connectivity index (χ1v) is 7.07. The van der Waals surface area contributed by atoms with Crippen molar-refractivity contribution in [1.82, 2.24) is 5.32 Å². The second-order valence-electron chi connectivity index (χ2n) is 5.54. The third-order valence-corrected chi connectivity index (χ3v) is 3.34. The molecule has 2 rings (SSSR count). The van der Waals surface area contributed by atoms with Crippen LogP contribution in [0.1, 0.15) is 26.3 Å². The van der Waals surface area contributed by atoms with Crippen LogP contribution in [0.25, 0.3) is 0 Å². The average molecular weight is 274 g/mol. The summed E-state index contributed by atoms with van der Waals surface area (Å²) in [5.74, 6) is 0.866. The standard InChI is InChI=1S/C16H22N2O2/c1-11(2)15(17-12(3)19)16-18-14(10-20-16)9-13-7-5-4-6-8-13/h4-8,11,14-15H,9-10H2,1-3H3,(H,17,19)/t14-,15?/m0/s1. The number of carbonyl (C=O) groups excluding carboxylic acids is 1. The Morgan fingerprint density at radius 3 is 2.70 bits per heavy atom. The highest BCUT2D eigenvalue weighted by Crippen LogP contribution is 2.16. The Labute approximate surface area is 120 Å². The van der Waals surface area contributed by atoms with E-state index < -0.39 is 0 Å². The summed E-state index contributed by atoms with van der Waals surface area (Å²) in [5, 5.41) is 2.91. The molecule has 0 saturated carbocycles.